The Balaban J connectivity index is 3.07. The van der Waals surface area contributed by atoms with Crippen molar-refractivity contribution in [3.8, 4) is 0 Å². The summed E-state index contributed by atoms with van der Waals surface area (Å²) in [5.74, 6) is -0.925. The maximum atomic E-state index is 10.3. The average molecular weight is 332 g/mol. The number of carboxylic acids is 1. The Bertz CT molecular complexity index is 262. The monoisotopic (exact) mass is 332 g/mol. The van der Waals surface area contributed by atoms with Crippen LogP contribution in [0.15, 0.2) is 18.5 Å². The molecule has 1 N–H and O–H groups in total. The van der Waals surface area contributed by atoms with Crippen LogP contribution in [0.25, 0.3) is 0 Å². The van der Waals surface area contributed by atoms with Crippen molar-refractivity contribution in [1.82, 2.24) is 4.98 Å². The molecule has 0 atom stereocenters. The van der Waals surface area contributed by atoms with E-state index in [2.05, 4.69) is 4.98 Å². The molecule has 0 aliphatic rings. The van der Waals surface area contributed by atoms with E-state index in [1.54, 1.807) is 12.3 Å². The van der Waals surface area contributed by atoms with E-state index in [-0.39, 0.29) is 5.56 Å². The number of carboxylic acid groups (broad SMARTS) is 1. The average Bonchev–Trinajstić information content (AvgIpc) is 1.88. The van der Waals surface area contributed by atoms with Gasteiger partial charge in [-0.2, -0.15) is 0 Å². The molecule has 10 heavy (non-hydrogen) atoms. The van der Waals surface area contributed by atoms with Gasteiger partial charge in [0.1, 0.15) is 0 Å². The summed E-state index contributed by atoms with van der Waals surface area (Å²) in [6.07, 6.45) is 2.98. The van der Waals surface area contributed by atoms with Gasteiger partial charge in [-0.3, -0.25) is 0 Å². The molecule has 0 radical (unpaired) electrons. The molecule has 0 saturated carbocycles. The van der Waals surface area contributed by atoms with Crippen LogP contribution in [-0.2, 0) is 0 Å². The molecule has 1 rings (SSSR count). The predicted octanol–water partition coefficient (Wildman–Crippen LogP) is -0.0456. The van der Waals surface area contributed by atoms with Gasteiger partial charge in [-0.15, -0.1) is 0 Å². The van der Waals surface area contributed by atoms with Gasteiger partial charge in [-0.25, -0.2) is 0 Å². The second-order valence-electron chi connectivity index (χ2n) is 1.70. The molecule has 4 heteroatoms. The van der Waals surface area contributed by atoms with Crippen molar-refractivity contribution in [2.45, 2.75) is 0 Å². The third kappa shape index (κ3) is 1.74. The van der Waals surface area contributed by atoms with Crippen LogP contribution in [0.4, 0.5) is 0 Å². The topological polar surface area (TPSA) is 50.2 Å². The number of nitrogens with zero attached hydrogens (tertiary/aromatic N) is 1. The molecule has 0 amide bonds. The molecule has 3 nitrogen and oxygen atoms in total. The van der Waals surface area contributed by atoms with Gasteiger partial charge in [-0.05, 0) is 0 Å². The van der Waals surface area contributed by atoms with Crippen LogP contribution in [0.2, 0.25) is 0 Å². The summed E-state index contributed by atoms with van der Waals surface area (Å²) in [5.41, 5.74) is 0.250. The third-order valence-corrected chi connectivity index (χ3v) is 1.76. The summed E-state index contributed by atoms with van der Waals surface area (Å²) in [7, 11) is 0. The summed E-state index contributed by atoms with van der Waals surface area (Å²) in [4.78, 5) is 14.1. The Morgan fingerprint density at radius 1 is 1.60 bits per heavy atom. The zero-order chi connectivity index (χ0) is 7.56. The van der Waals surface area contributed by atoms with Gasteiger partial charge < -0.3 is 0 Å². The summed E-state index contributed by atoms with van der Waals surface area (Å²) >= 11 is 1.42. The summed E-state index contributed by atoms with van der Waals surface area (Å²) in [6.45, 7) is 0. The van der Waals surface area contributed by atoms with Crippen LogP contribution in [-0.4, -0.2) is 16.1 Å². The standard InChI is InChI=1S/C6H4AtNO2/c7-5-1-4(6(9)10)2-8-3-5/h1-3H,(H,9,10). The first-order valence-electron chi connectivity index (χ1n) is 2.54. The Kier molecular flexibility index (Phi) is 2.33. The number of hydrogen-bond acceptors (Lipinski definition) is 2. The summed E-state index contributed by atoms with van der Waals surface area (Å²) in [5, 5.41) is 8.48. The van der Waals surface area contributed by atoms with Crippen molar-refractivity contribution in [2.75, 3.05) is 0 Å². The first kappa shape index (κ1) is 7.61. The molecule has 1 aromatic rings. The van der Waals surface area contributed by atoms with Crippen LogP contribution < -0.4 is 3.27 Å². The van der Waals surface area contributed by atoms with E-state index in [1.165, 1.54) is 30.9 Å². The normalized spacial score (nSPS) is 9.30. The van der Waals surface area contributed by atoms with Crippen LogP contribution >= 0.6 is 0 Å². The van der Waals surface area contributed by atoms with Crippen LogP contribution in [0.3, 0.4) is 0 Å². The van der Waals surface area contributed by atoms with Crippen molar-refractivity contribution in [3.05, 3.63) is 24.0 Å². The predicted molar refractivity (Wildman–Crippen MR) is 30.8 cm³/mol. The Morgan fingerprint density at radius 2 is 2.30 bits per heavy atom. The van der Waals surface area contributed by atoms with Crippen LogP contribution in [0.1, 0.15) is 10.4 Å². The van der Waals surface area contributed by atoms with Crippen LogP contribution in [0, 0.1) is 24.7 Å². The number of rotatable bonds is 1. The van der Waals surface area contributed by atoms with E-state index in [1.807, 2.05) is 0 Å². The van der Waals surface area contributed by atoms with E-state index >= 15 is 0 Å². The van der Waals surface area contributed by atoms with Crippen LogP contribution in [0.5, 0.6) is 0 Å². The minimum absolute atomic E-state index is 0.250. The van der Waals surface area contributed by atoms with E-state index < -0.39 is 5.97 Å². The van der Waals surface area contributed by atoms with Gasteiger partial charge in [0, 0.05) is 0 Å². The molecule has 0 spiro atoms. The van der Waals surface area contributed by atoms with Crippen molar-refractivity contribution in [1.29, 1.82) is 0 Å². The third-order valence-electron chi connectivity index (χ3n) is 0.952. The second-order valence-corrected chi connectivity index (χ2v) is 3.39. The van der Waals surface area contributed by atoms with Gasteiger partial charge in [0.2, 0.25) is 0 Å². The quantitative estimate of drug-likeness (QED) is 0.785. The van der Waals surface area contributed by atoms with E-state index in [4.69, 9.17) is 5.11 Å². The molecule has 1 aromatic heterocycles. The molecular formula is C6H4AtNO2. The minimum atomic E-state index is -0.925. The molecule has 52 valence electrons. The Morgan fingerprint density at radius 3 is 2.70 bits per heavy atom. The number of hydrogen-bond donors (Lipinski definition) is 1. The molecule has 1 heterocycles. The molecule has 0 saturated heterocycles. The van der Waals surface area contributed by atoms with Crippen molar-refractivity contribution in [3.63, 3.8) is 0 Å². The molecule has 0 aliphatic carbocycles. The Labute approximate surface area is 72.9 Å². The molecule has 0 bridgehead atoms. The van der Waals surface area contributed by atoms with Crippen molar-refractivity contribution in [2.24, 2.45) is 0 Å². The molecule has 0 aromatic carbocycles. The number of carbonyl (C=O) groups is 1. The van der Waals surface area contributed by atoms with E-state index in [9.17, 15) is 4.79 Å². The molecule has 0 aliphatic heterocycles. The van der Waals surface area contributed by atoms with Gasteiger partial charge in [0.05, 0.1) is 0 Å². The molecular weight excluding hydrogens is 328 g/mol. The molecule has 0 unspecified atom stereocenters. The number of aromatic carboxylic acids is 1. The van der Waals surface area contributed by atoms with Gasteiger partial charge in [0.15, 0.2) is 0 Å². The first-order chi connectivity index (χ1) is 4.70. The van der Waals surface area contributed by atoms with Crippen molar-refractivity contribution >= 4 is 9.24 Å². The summed E-state index contributed by atoms with van der Waals surface area (Å²) < 4.78 is 0.917. The van der Waals surface area contributed by atoms with E-state index in [0.717, 1.165) is 3.27 Å². The van der Waals surface area contributed by atoms with Gasteiger partial charge >= 0.3 is 72.9 Å². The number of pyridine rings is 1. The SMILES string of the molecule is O=C(O)c1cncc([At])c1. The van der Waals surface area contributed by atoms with Gasteiger partial charge in [0.25, 0.3) is 0 Å². The van der Waals surface area contributed by atoms with Crippen molar-refractivity contribution < 1.29 is 34.6 Å². The molecule has 0 fully saturated rings. The fourth-order valence-corrected chi connectivity index (χ4v) is 1.20. The summed E-state index contributed by atoms with van der Waals surface area (Å²) in [6, 6.07) is 1.60. The van der Waals surface area contributed by atoms with Gasteiger partial charge in [-0.1, -0.05) is 0 Å². The van der Waals surface area contributed by atoms with E-state index in [0.29, 0.717) is 0 Å². The second kappa shape index (κ2) is 3.06. The number of aromatic nitrogens is 1. The zero-order valence-electron chi connectivity index (χ0n) is 4.91. The fraction of sp³-hybridized carbons (Fsp3) is 0. The first-order valence-corrected chi connectivity index (χ1v) is 4.01. The Hall–Kier alpha value is -0.497. The fourth-order valence-electron chi connectivity index (χ4n) is 0.529. The zero-order valence-corrected chi connectivity index (χ0v) is 7.85. The maximum absolute atomic E-state index is 10.3.